The summed E-state index contributed by atoms with van der Waals surface area (Å²) in [6.07, 6.45) is 2.70. The van der Waals surface area contributed by atoms with Crippen LogP contribution in [-0.4, -0.2) is 45.0 Å². The van der Waals surface area contributed by atoms with Crippen molar-refractivity contribution in [1.82, 2.24) is 4.31 Å². The number of ether oxygens (including phenoxy) is 2. The van der Waals surface area contributed by atoms with Crippen LogP contribution in [0.1, 0.15) is 43.0 Å². The molecule has 1 fully saturated rings. The van der Waals surface area contributed by atoms with E-state index in [0.717, 1.165) is 25.7 Å². The molecule has 1 heterocycles. The maximum absolute atomic E-state index is 13.0. The highest BCUT2D eigenvalue weighted by Crippen LogP contribution is 2.29. The van der Waals surface area contributed by atoms with Crippen molar-refractivity contribution in [3.05, 3.63) is 23.8 Å². The molecule has 8 heteroatoms. The molecule has 1 aliphatic heterocycles. The number of esters is 1. The molecule has 1 aromatic carbocycles. The van der Waals surface area contributed by atoms with E-state index in [1.54, 1.807) is 6.07 Å². The first-order valence-electron chi connectivity index (χ1n) is 8.19. The molecule has 1 aliphatic rings. The molecule has 25 heavy (non-hydrogen) atoms. The summed E-state index contributed by atoms with van der Waals surface area (Å²) in [5, 5.41) is 8.74. The van der Waals surface area contributed by atoms with Crippen molar-refractivity contribution in [2.24, 2.45) is 0 Å². The molecular weight excluding hydrogens is 344 g/mol. The van der Waals surface area contributed by atoms with Crippen molar-refractivity contribution in [3.63, 3.8) is 0 Å². The minimum Gasteiger partial charge on any atom is -0.495 e. The fraction of sp³-hybridized carbons (Fsp3) is 0.529. The van der Waals surface area contributed by atoms with Crippen LogP contribution in [0, 0.1) is 11.3 Å². The maximum atomic E-state index is 13.0. The zero-order valence-electron chi connectivity index (χ0n) is 14.4. The third-order valence-corrected chi connectivity index (χ3v) is 5.97. The Morgan fingerprint density at radius 2 is 1.88 bits per heavy atom. The first kappa shape index (κ1) is 19.2. The number of nitriles is 1. The fourth-order valence-electron chi connectivity index (χ4n) is 2.68. The van der Waals surface area contributed by atoms with E-state index >= 15 is 0 Å². The van der Waals surface area contributed by atoms with Gasteiger partial charge >= 0.3 is 5.97 Å². The second-order valence-electron chi connectivity index (χ2n) is 5.86. The highest BCUT2D eigenvalue weighted by atomic mass is 32.2. The molecular formula is C17H22N2O5S. The number of methoxy groups -OCH3 is 1. The van der Waals surface area contributed by atoms with Crippen molar-refractivity contribution in [3.8, 4) is 11.8 Å². The van der Waals surface area contributed by atoms with E-state index in [1.807, 2.05) is 0 Å². The lowest BCUT2D eigenvalue weighted by Crippen LogP contribution is -2.32. The highest BCUT2D eigenvalue weighted by molar-refractivity contribution is 7.89. The van der Waals surface area contributed by atoms with E-state index in [4.69, 9.17) is 14.7 Å². The Hall–Kier alpha value is -2.11. The van der Waals surface area contributed by atoms with E-state index in [1.165, 1.54) is 36.5 Å². The second kappa shape index (κ2) is 8.32. The summed E-state index contributed by atoms with van der Waals surface area (Å²) in [6, 6.07) is 5.91. The van der Waals surface area contributed by atoms with Crippen LogP contribution in [-0.2, 0) is 14.8 Å². The van der Waals surface area contributed by atoms with Gasteiger partial charge in [-0.25, -0.2) is 13.2 Å². The lowest BCUT2D eigenvalue weighted by molar-refractivity contribution is 0.0435. The van der Waals surface area contributed by atoms with Gasteiger partial charge in [-0.05, 0) is 38.0 Å². The molecule has 7 nitrogen and oxygen atoms in total. The number of hydrogen-bond acceptors (Lipinski definition) is 6. The smallest absolute Gasteiger partial charge is 0.339 e. The Bertz CT molecular complexity index is 762. The summed E-state index contributed by atoms with van der Waals surface area (Å²) in [4.78, 5) is 12.0. The molecule has 0 aliphatic carbocycles. The van der Waals surface area contributed by atoms with Crippen LogP contribution in [0.4, 0.5) is 0 Å². The number of carbonyl (C=O) groups is 1. The SMILES string of the molecule is COc1ccc(C(=O)OC(C)C#N)cc1S(=O)(=O)N1CCCCCC1. The van der Waals surface area contributed by atoms with Gasteiger partial charge in [-0.1, -0.05) is 12.8 Å². The molecule has 1 unspecified atom stereocenters. The third kappa shape index (κ3) is 4.50. The van der Waals surface area contributed by atoms with E-state index in [-0.39, 0.29) is 16.2 Å². The molecule has 2 rings (SSSR count). The van der Waals surface area contributed by atoms with Gasteiger partial charge in [0.25, 0.3) is 0 Å². The third-order valence-electron chi connectivity index (χ3n) is 4.05. The van der Waals surface area contributed by atoms with Crippen LogP contribution >= 0.6 is 0 Å². The van der Waals surface area contributed by atoms with Gasteiger partial charge in [0.1, 0.15) is 16.7 Å². The van der Waals surface area contributed by atoms with Crippen LogP contribution in [0.15, 0.2) is 23.1 Å². The molecule has 1 atom stereocenters. The monoisotopic (exact) mass is 366 g/mol. The Kier molecular flexibility index (Phi) is 6.39. The van der Waals surface area contributed by atoms with Crippen LogP contribution in [0.25, 0.3) is 0 Å². The quantitative estimate of drug-likeness (QED) is 0.742. The summed E-state index contributed by atoms with van der Waals surface area (Å²) in [6.45, 7) is 2.34. The number of sulfonamides is 1. The van der Waals surface area contributed by atoms with Gasteiger partial charge in [-0.3, -0.25) is 0 Å². The number of rotatable bonds is 5. The predicted molar refractivity (Wildman–Crippen MR) is 90.7 cm³/mol. The molecule has 0 N–H and O–H groups in total. The Labute approximate surface area is 148 Å². The van der Waals surface area contributed by atoms with E-state index in [0.29, 0.717) is 13.1 Å². The maximum Gasteiger partial charge on any atom is 0.339 e. The Morgan fingerprint density at radius 1 is 1.24 bits per heavy atom. The van der Waals surface area contributed by atoms with E-state index in [2.05, 4.69) is 0 Å². The Balaban J connectivity index is 2.39. The average Bonchev–Trinajstić information content (AvgIpc) is 2.90. The molecule has 136 valence electrons. The summed E-state index contributed by atoms with van der Waals surface area (Å²) < 4.78 is 37.6. The van der Waals surface area contributed by atoms with Gasteiger partial charge in [-0.2, -0.15) is 9.57 Å². The minimum atomic E-state index is -3.78. The van der Waals surface area contributed by atoms with Gasteiger partial charge in [0.05, 0.1) is 12.7 Å². The topological polar surface area (TPSA) is 96.7 Å². The molecule has 0 saturated carbocycles. The van der Waals surface area contributed by atoms with Gasteiger partial charge in [0.15, 0.2) is 6.10 Å². The lowest BCUT2D eigenvalue weighted by Gasteiger charge is -2.21. The zero-order valence-corrected chi connectivity index (χ0v) is 15.2. The molecule has 0 spiro atoms. The first-order chi connectivity index (χ1) is 11.9. The first-order valence-corrected chi connectivity index (χ1v) is 9.63. The highest BCUT2D eigenvalue weighted by Gasteiger charge is 2.29. The van der Waals surface area contributed by atoms with Gasteiger partial charge < -0.3 is 9.47 Å². The van der Waals surface area contributed by atoms with Gasteiger partial charge in [-0.15, -0.1) is 0 Å². The van der Waals surface area contributed by atoms with Crippen molar-refractivity contribution >= 4 is 16.0 Å². The van der Waals surface area contributed by atoms with E-state index < -0.39 is 22.1 Å². The van der Waals surface area contributed by atoms with Crippen LogP contribution < -0.4 is 4.74 Å². The van der Waals surface area contributed by atoms with Crippen LogP contribution in [0.2, 0.25) is 0 Å². The van der Waals surface area contributed by atoms with Crippen molar-refractivity contribution in [2.45, 2.75) is 43.6 Å². The minimum absolute atomic E-state index is 0.0593. The normalized spacial score (nSPS) is 17.2. The van der Waals surface area contributed by atoms with E-state index in [9.17, 15) is 13.2 Å². The van der Waals surface area contributed by atoms with Crippen LogP contribution in [0.3, 0.4) is 0 Å². The number of hydrogen-bond donors (Lipinski definition) is 0. The molecule has 0 bridgehead atoms. The summed E-state index contributed by atoms with van der Waals surface area (Å²) >= 11 is 0. The molecule has 1 saturated heterocycles. The largest absolute Gasteiger partial charge is 0.495 e. The number of nitrogens with zero attached hydrogens (tertiary/aromatic N) is 2. The number of carbonyl (C=O) groups excluding carboxylic acids is 1. The summed E-state index contributed by atoms with van der Waals surface area (Å²) in [7, 11) is -2.40. The van der Waals surface area contributed by atoms with Crippen molar-refractivity contribution in [2.75, 3.05) is 20.2 Å². The second-order valence-corrected chi connectivity index (χ2v) is 7.77. The molecule has 0 amide bonds. The molecule has 1 aromatic rings. The molecule has 0 radical (unpaired) electrons. The summed E-state index contributed by atoms with van der Waals surface area (Å²) in [5.41, 5.74) is 0.0660. The fourth-order valence-corrected chi connectivity index (χ4v) is 4.38. The molecule has 0 aromatic heterocycles. The lowest BCUT2D eigenvalue weighted by atomic mass is 10.2. The van der Waals surface area contributed by atoms with Crippen molar-refractivity contribution < 1.29 is 22.7 Å². The Morgan fingerprint density at radius 3 is 2.44 bits per heavy atom. The van der Waals surface area contributed by atoms with Crippen molar-refractivity contribution in [1.29, 1.82) is 5.26 Å². The number of benzene rings is 1. The summed E-state index contributed by atoms with van der Waals surface area (Å²) in [5.74, 6) is -0.571. The van der Waals surface area contributed by atoms with Gasteiger partial charge in [0.2, 0.25) is 10.0 Å². The van der Waals surface area contributed by atoms with Gasteiger partial charge in [0, 0.05) is 13.1 Å². The standard InChI is InChI=1S/C17H22N2O5S/c1-13(12-18)24-17(20)14-7-8-15(23-2)16(11-14)25(21,22)19-9-5-3-4-6-10-19/h7-8,11,13H,3-6,9-10H2,1-2H3. The average molecular weight is 366 g/mol. The van der Waals surface area contributed by atoms with Crippen LogP contribution in [0.5, 0.6) is 5.75 Å². The predicted octanol–water partition coefficient (Wildman–Crippen LogP) is 2.33. The zero-order chi connectivity index (χ0) is 18.4.